The Kier molecular flexibility index (Phi) is 14.2. The Bertz CT molecular complexity index is 1860. The highest BCUT2D eigenvalue weighted by Crippen LogP contribution is 2.33. The smallest absolute Gasteiger partial charge is 0.262 e. The second-order valence-corrected chi connectivity index (χ2v) is 13.9. The average molecular weight is 754 g/mol. The number of unbranched alkanes of at least 4 members (excludes halogenated alkanes) is 3. The predicted molar refractivity (Wildman–Crippen MR) is 211 cm³/mol. The quantitative estimate of drug-likeness (QED) is 0.0599. The number of hydrogen-bond acceptors (Lipinski definition) is 8. The van der Waals surface area contributed by atoms with Crippen LogP contribution in [0.15, 0.2) is 71.7 Å². The molecule has 55 heavy (non-hydrogen) atoms. The minimum atomic E-state index is -0.593. The third kappa shape index (κ3) is 12.0. The number of aliphatic imine (C=N–C) groups is 1. The first-order chi connectivity index (χ1) is 26.5. The van der Waals surface area contributed by atoms with Gasteiger partial charge in [-0.05, 0) is 98.7 Å². The van der Waals surface area contributed by atoms with Crippen LogP contribution in [0.5, 0.6) is 5.75 Å². The van der Waals surface area contributed by atoms with Gasteiger partial charge in [-0.3, -0.25) is 29.0 Å². The fraction of sp³-hybridized carbons (Fsp3) is 0.400. The number of nitrogens with one attached hydrogen (secondary N) is 3. The summed E-state index contributed by atoms with van der Waals surface area (Å²) in [6.45, 7) is 1.89. The molecule has 9 N–H and O–H groups in total. The van der Waals surface area contributed by atoms with E-state index in [0.29, 0.717) is 72.8 Å². The van der Waals surface area contributed by atoms with Gasteiger partial charge >= 0.3 is 0 Å². The van der Waals surface area contributed by atoms with Crippen LogP contribution in [-0.2, 0) is 16.1 Å². The van der Waals surface area contributed by atoms with E-state index in [2.05, 4.69) is 20.9 Å². The molecule has 1 heterocycles. The molecule has 0 aromatic heterocycles. The Balaban J connectivity index is 1.01. The minimum Gasteiger partial charge on any atom is -0.482 e. The van der Waals surface area contributed by atoms with Crippen LogP contribution < -0.4 is 37.9 Å². The second kappa shape index (κ2) is 19.4. The molecule has 5 amide bonds. The molecule has 1 fully saturated rings. The molecular weight excluding hydrogens is 702 g/mol. The molecule has 2 aliphatic rings. The lowest BCUT2D eigenvalue weighted by Crippen LogP contribution is -2.41. The number of ether oxygens (including phenoxy) is 1. The summed E-state index contributed by atoms with van der Waals surface area (Å²) in [6, 6.07) is 18.5. The van der Waals surface area contributed by atoms with E-state index in [9.17, 15) is 24.0 Å². The Morgan fingerprint density at radius 2 is 1.58 bits per heavy atom. The van der Waals surface area contributed by atoms with Gasteiger partial charge in [-0.1, -0.05) is 25.0 Å². The fourth-order valence-electron chi connectivity index (χ4n) is 6.13. The van der Waals surface area contributed by atoms with Crippen LogP contribution in [-0.4, -0.2) is 90.7 Å². The molecule has 15 nitrogen and oxygen atoms in total. The summed E-state index contributed by atoms with van der Waals surface area (Å²) in [5.41, 5.74) is 20.0. The van der Waals surface area contributed by atoms with Gasteiger partial charge in [0.25, 0.3) is 23.6 Å². The normalized spacial score (nSPS) is 13.7. The lowest BCUT2D eigenvalue weighted by Gasteiger charge is -2.24. The van der Waals surface area contributed by atoms with Gasteiger partial charge < -0.3 is 47.7 Å². The predicted octanol–water partition coefficient (Wildman–Crippen LogP) is 3.20. The van der Waals surface area contributed by atoms with E-state index >= 15 is 0 Å². The maximum atomic E-state index is 13.5. The zero-order chi connectivity index (χ0) is 39.3. The first-order valence-corrected chi connectivity index (χ1v) is 18.7. The Labute approximate surface area is 321 Å². The van der Waals surface area contributed by atoms with E-state index in [1.54, 1.807) is 66.5 Å². The van der Waals surface area contributed by atoms with Crippen molar-refractivity contribution >= 4 is 46.9 Å². The zero-order valence-corrected chi connectivity index (χ0v) is 31.2. The fourth-order valence-corrected chi connectivity index (χ4v) is 6.13. The maximum absolute atomic E-state index is 13.5. The molecule has 292 valence electrons. The van der Waals surface area contributed by atoms with Gasteiger partial charge in [-0.2, -0.15) is 0 Å². The van der Waals surface area contributed by atoms with Gasteiger partial charge in [0.2, 0.25) is 5.91 Å². The van der Waals surface area contributed by atoms with Crippen LogP contribution in [0.1, 0.15) is 88.0 Å². The van der Waals surface area contributed by atoms with Crippen molar-refractivity contribution in [1.82, 2.24) is 15.1 Å². The lowest BCUT2D eigenvalue weighted by atomic mass is 10.1. The molecule has 0 spiro atoms. The first-order valence-electron chi connectivity index (χ1n) is 18.7. The number of hydrogen-bond donors (Lipinski definition) is 6. The van der Waals surface area contributed by atoms with Gasteiger partial charge in [0, 0.05) is 61.6 Å². The standard InChI is InChI=1S/C40H51N9O6/c1-48(22-5-3-2-4-20-44-37(52)32(41)7-6-21-45-40(42)43)38(53)28-12-15-30(16-13-28)46-36(51)27-10-8-26(9-11-27)24-49(31-17-18-31)39(54)29-14-19-33-34(23-29)55-25-35(50)47-33/h8-16,19,23,31-32H,2-7,17-18,20-22,24-25,41H2,1H3,(H,44,52)(H,46,51)(H,47,50)(H4,42,43,45). The van der Waals surface area contributed by atoms with Crippen molar-refractivity contribution in [1.29, 1.82) is 0 Å². The van der Waals surface area contributed by atoms with Gasteiger partial charge in [-0.25, -0.2) is 0 Å². The molecule has 0 radical (unpaired) electrons. The topological polar surface area (TPSA) is 228 Å². The number of nitrogens with two attached hydrogens (primary N) is 3. The van der Waals surface area contributed by atoms with E-state index in [0.717, 1.165) is 44.1 Å². The van der Waals surface area contributed by atoms with Crippen molar-refractivity contribution in [3.63, 3.8) is 0 Å². The molecule has 1 atom stereocenters. The minimum absolute atomic E-state index is 0.0236. The van der Waals surface area contributed by atoms with Crippen molar-refractivity contribution in [3.8, 4) is 5.75 Å². The third-order valence-electron chi connectivity index (χ3n) is 9.44. The number of nitrogens with zero attached hydrogens (tertiary/aromatic N) is 3. The summed E-state index contributed by atoms with van der Waals surface area (Å²) >= 11 is 0. The number of rotatable bonds is 19. The molecule has 0 saturated heterocycles. The molecule has 3 aromatic rings. The molecule has 1 aliphatic heterocycles. The molecule has 1 saturated carbocycles. The molecule has 1 aliphatic carbocycles. The Morgan fingerprint density at radius 1 is 0.891 bits per heavy atom. The number of amides is 5. The zero-order valence-electron chi connectivity index (χ0n) is 31.2. The van der Waals surface area contributed by atoms with E-state index in [4.69, 9.17) is 21.9 Å². The lowest BCUT2D eigenvalue weighted by molar-refractivity contribution is -0.122. The Hall–Kier alpha value is -5.96. The first kappa shape index (κ1) is 40.2. The van der Waals surface area contributed by atoms with Gasteiger partial charge in [0.15, 0.2) is 12.6 Å². The summed E-state index contributed by atoms with van der Waals surface area (Å²) in [5, 5.41) is 8.49. The van der Waals surface area contributed by atoms with Crippen molar-refractivity contribution in [2.24, 2.45) is 22.2 Å². The molecular formula is C40H51N9O6. The van der Waals surface area contributed by atoms with Crippen molar-refractivity contribution in [2.45, 2.75) is 70.0 Å². The van der Waals surface area contributed by atoms with Crippen LogP contribution in [0.2, 0.25) is 0 Å². The molecule has 5 rings (SSSR count). The van der Waals surface area contributed by atoms with Gasteiger partial charge in [0.1, 0.15) is 5.75 Å². The van der Waals surface area contributed by atoms with Crippen LogP contribution in [0.25, 0.3) is 0 Å². The highest BCUT2D eigenvalue weighted by molar-refractivity contribution is 6.04. The number of carbonyl (C=O) groups is 5. The molecule has 1 unspecified atom stereocenters. The van der Waals surface area contributed by atoms with Crippen molar-refractivity contribution < 1.29 is 28.7 Å². The highest BCUT2D eigenvalue weighted by Gasteiger charge is 2.33. The summed E-state index contributed by atoms with van der Waals surface area (Å²) < 4.78 is 5.50. The van der Waals surface area contributed by atoms with E-state index in [1.807, 2.05) is 17.0 Å². The van der Waals surface area contributed by atoms with E-state index < -0.39 is 6.04 Å². The van der Waals surface area contributed by atoms with Crippen LogP contribution in [0.4, 0.5) is 11.4 Å². The number of carbonyl (C=O) groups excluding carboxylic acids is 5. The van der Waals surface area contributed by atoms with E-state index in [1.165, 1.54) is 0 Å². The van der Waals surface area contributed by atoms with E-state index in [-0.39, 0.29) is 48.1 Å². The second-order valence-electron chi connectivity index (χ2n) is 13.9. The van der Waals surface area contributed by atoms with Crippen LogP contribution in [0.3, 0.4) is 0 Å². The van der Waals surface area contributed by atoms with Crippen LogP contribution >= 0.6 is 0 Å². The number of anilines is 2. The van der Waals surface area contributed by atoms with Gasteiger partial charge in [0.05, 0.1) is 11.7 Å². The number of guanidine groups is 1. The van der Waals surface area contributed by atoms with Crippen molar-refractivity contribution in [3.05, 3.63) is 89.0 Å². The van der Waals surface area contributed by atoms with Crippen molar-refractivity contribution in [2.75, 3.05) is 43.9 Å². The molecule has 15 heteroatoms. The SMILES string of the molecule is CN(CCCCCCNC(=O)C(N)CCCN=C(N)N)C(=O)c1ccc(NC(=O)c2ccc(CN(C(=O)c3ccc4c(c3)OCC(=O)N4)C3CC3)cc2)cc1. The Morgan fingerprint density at radius 3 is 2.29 bits per heavy atom. The summed E-state index contributed by atoms with van der Waals surface area (Å²) in [5.74, 6) is -0.437. The highest BCUT2D eigenvalue weighted by atomic mass is 16.5. The molecule has 3 aromatic carbocycles. The number of benzene rings is 3. The monoisotopic (exact) mass is 753 g/mol. The largest absolute Gasteiger partial charge is 0.482 e. The van der Waals surface area contributed by atoms with Gasteiger partial charge in [-0.15, -0.1) is 0 Å². The average Bonchev–Trinajstić information content (AvgIpc) is 4.03. The van der Waals surface area contributed by atoms with Crippen LogP contribution in [0, 0.1) is 0 Å². The summed E-state index contributed by atoms with van der Waals surface area (Å²) in [7, 11) is 1.76. The summed E-state index contributed by atoms with van der Waals surface area (Å²) in [4.78, 5) is 70.7. The third-order valence-corrected chi connectivity index (χ3v) is 9.44. The number of fused-ring (bicyclic) bond motifs is 1. The molecule has 0 bridgehead atoms. The summed E-state index contributed by atoms with van der Waals surface area (Å²) in [6.07, 6.45) is 6.45. The maximum Gasteiger partial charge on any atom is 0.262 e.